The molecule has 0 aromatic heterocycles. The molecule has 3 aromatic rings. The minimum Gasteiger partial charge on any atom is -0.497 e. The Hall–Kier alpha value is -2.92. The molecular formula is C29H36N2O6S2. The molecule has 3 aromatic carbocycles. The number of methoxy groups -OCH3 is 1. The molecule has 1 aliphatic rings. The lowest BCUT2D eigenvalue weighted by Gasteiger charge is -2.30. The summed E-state index contributed by atoms with van der Waals surface area (Å²) >= 11 is 0. The van der Waals surface area contributed by atoms with E-state index < -0.39 is 20.0 Å². The van der Waals surface area contributed by atoms with Crippen molar-refractivity contribution in [2.24, 2.45) is 5.92 Å². The van der Waals surface area contributed by atoms with Crippen molar-refractivity contribution in [3.63, 3.8) is 0 Å². The van der Waals surface area contributed by atoms with Gasteiger partial charge in [-0.1, -0.05) is 31.2 Å². The van der Waals surface area contributed by atoms with Crippen LogP contribution in [0.15, 0.2) is 82.6 Å². The molecule has 0 spiro atoms. The second-order valence-corrected chi connectivity index (χ2v) is 13.7. The van der Waals surface area contributed by atoms with Crippen LogP contribution in [0.2, 0.25) is 0 Å². The van der Waals surface area contributed by atoms with Crippen LogP contribution in [0, 0.1) is 5.92 Å². The maximum atomic E-state index is 13.9. The molecule has 1 fully saturated rings. The summed E-state index contributed by atoms with van der Waals surface area (Å²) in [6, 6.07) is 20.1. The number of rotatable bonds is 11. The van der Waals surface area contributed by atoms with Gasteiger partial charge in [0, 0.05) is 26.2 Å². The maximum absolute atomic E-state index is 13.9. The van der Waals surface area contributed by atoms with Crippen LogP contribution in [0.5, 0.6) is 11.5 Å². The Morgan fingerprint density at radius 2 is 1.36 bits per heavy atom. The van der Waals surface area contributed by atoms with Crippen LogP contribution < -0.4 is 9.47 Å². The Kier molecular flexibility index (Phi) is 9.32. The Labute approximate surface area is 232 Å². The van der Waals surface area contributed by atoms with Crippen LogP contribution in [-0.2, 0) is 33.1 Å². The summed E-state index contributed by atoms with van der Waals surface area (Å²) in [5, 5.41) is 0. The van der Waals surface area contributed by atoms with Gasteiger partial charge in [0.2, 0.25) is 20.0 Å². The smallest absolute Gasteiger partial charge is 0.243 e. The van der Waals surface area contributed by atoms with Gasteiger partial charge in [0.15, 0.2) is 0 Å². The van der Waals surface area contributed by atoms with Crippen molar-refractivity contribution in [3.8, 4) is 11.5 Å². The highest BCUT2D eigenvalue weighted by Crippen LogP contribution is 2.27. The van der Waals surface area contributed by atoms with E-state index in [2.05, 4.69) is 0 Å². The van der Waals surface area contributed by atoms with E-state index in [1.165, 1.54) is 32.9 Å². The highest BCUT2D eigenvalue weighted by Gasteiger charge is 2.30. The first-order chi connectivity index (χ1) is 18.6. The molecule has 0 N–H and O–H groups in total. The van der Waals surface area contributed by atoms with Crippen LogP contribution >= 0.6 is 0 Å². The number of hydrogen-bond acceptors (Lipinski definition) is 6. The second kappa shape index (κ2) is 12.5. The Morgan fingerprint density at radius 3 is 1.87 bits per heavy atom. The molecule has 0 radical (unpaired) electrons. The second-order valence-electron chi connectivity index (χ2n) is 9.78. The first kappa shape index (κ1) is 29.1. The topological polar surface area (TPSA) is 93.2 Å². The van der Waals surface area contributed by atoms with Gasteiger partial charge in [-0.2, -0.15) is 8.61 Å². The summed E-state index contributed by atoms with van der Waals surface area (Å²) < 4.78 is 67.7. The number of piperidine rings is 1. The fourth-order valence-electron chi connectivity index (χ4n) is 4.67. The van der Waals surface area contributed by atoms with E-state index in [9.17, 15) is 16.8 Å². The zero-order chi connectivity index (χ0) is 28.0. The molecule has 39 heavy (non-hydrogen) atoms. The van der Waals surface area contributed by atoms with E-state index in [0.29, 0.717) is 37.1 Å². The van der Waals surface area contributed by atoms with Gasteiger partial charge < -0.3 is 9.47 Å². The van der Waals surface area contributed by atoms with Gasteiger partial charge in [0.1, 0.15) is 11.5 Å². The Morgan fingerprint density at radius 1 is 0.821 bits per heavy atom. The van der Waals surface area contributed by atoms with Crippen molar-refractivity contribution in [3.05, 3.63) is 83.9 Å². The fraction of sp³-hybridized carbons (Fsp3) is 0.379. The van der Waals surface area contributed by atoms with Crippen LogP contribution in [0.25, 0.3) is 0 Å². The molecular weight excluding hydrogens is 536 g/mol. The Bertz CT molecular complexity index is 1440. The number of sulfonamides is 2. The molecule has 1 atom stereocenters. The molecule has 1 heterocycles. The standard InChI is InChI=1S/C29H36N2O6S2/c1-4-37-27-13-9-25(10-14-27)22-31(21-24-7-11-26(36-3)12-8-24)39(34,35)29-17-15-28(16-18-29)38(32,33)30-19-5-6-23(2)20-30/h7-18,23H,4-6,19-22H2,1-3H3. The summed E-state index contributed by atoms with van der Waals surface area (Å²) in [7, 11) is -6.08. The van der Waals surface area contributed by atoms with Gasteiger partial charge >= 0.3 is 0 Å². The summed E-state index contributed by atoms with van der Waals surface area (Å²) in [4.78, 5) is 0.136. The molecule has 8 nitrogen and oxygen atoms in total. The highest BCUT2D eigenvalue weighted by atomic mass is 32.2. The minimum atomic E-state index is -3.97. The summed E-state index contributed by atoms with van der Waals surface area (Å²) in [6.07, 6.45) is 1.82. The maximum Gasteiger partial charge on any atom is 0.243 e. The van der Waals surface area contributed by atoms with Crippen LogP contribution in [0.3, 0.4) is 0 Å². The molecule has 0 aliphatic carbocycles. The monoisotopic (exact) mass is 572 g/mol. The number of hydrogen-bond donors (Lipinski definition) is 0. The fourth-order valence-corrected chi connectivity index (χ4v) is 7.68. The third-order valence-electron chi connectivity index (χ3n) is 6.83. The van der Waals surface area contributed by atoms with E-state index in [1.54, 1.807) is 19.2 Å². The van der Waals surface area contributed by atoms with Crippen molar-refractivity contribution >= 4 is 20.0 Å². The van der Waals surface area contributed by atoms with E-state index in [0.717, 1.165) is 24.0 Å². The summed E-state index contributed by atoms with van der Waals surface area (Å²) in [6.45, 7) is 5.70. The molecule has 0 saturated carbocycles. The summed E-state index contributed by atoms with van der Waals surface area (Å²) in [5.74, 6) is 1.69. The average Bonchev–Trinajstić information content (AvgIpc) is 2.94. The minimum absolute atomic E-state index is 0.0351. The molecule has 0 bridgehead atoms. The van der Waals surface area contributed by atoms with Gasteiger partial charge in [0.05, 0.1) is 23.5 Å². The predicted octanol–water partition coefficient (Wildman–Crippen LogP) is 4.91. The molecule has 1 aliphatic heterocycles. The molecule has 1 unspecified atom stereocenters. The largest absolute Gasteiger partial charge is 0.497 e. The first-order valence-electron chi connectivity index (χ1n) is 13.1. The number of benzene rings is 3. The predicted molar refractivity (Wildman–Crippen MR) is 151 cm³/mol. The summed E-state index contributed by atoms with van der Waals surface area (Å²) in [5.41, 5.74) is 1.60. The van der Waals surface area contributed by atoms with Crippen molar-refractivity contribution < 1.29 is 26.3 Å². The molecule has 210 valence electrons. The van der Waals surface area contributed by atoms with E-state index in [1.807, 2.05) is 50.2 Å². The van der Waals surface area contributed by atoms with Crippen LogP contribution in [0.4, 0.5) is 0 Å². The molecule has 4 rings (SSSR count). The average molecular weight is 573 g/mol. The SMILES string of the molecule is CCOc1ccc(CN(Cc2ccc(OC)cc2)S(=O)(=O)c2ccc(S(=O)(=O)N3CCCC(C)C3)cc2)cc1. The van der Waals surface area contributed by atoms with Gasteiger partial charge in [-0.05, 0) is 85.3 Å². The van der Waals surface area contributed by atoms with Crippen molar-refractivity contribution in [1.82, 2.24) is 8.61 Å². The van der Waals surface area contributed by atoms with Crippen molar-refractivity contribution in [2.45, 2.75) is 49.6 Å². The van der Waals surface area contributed by atoms with Crippen molar-refractivity contribution in [2.75, 3.05) is 26.8 Å². The van der Waals surface area contributed by atoms with Crippen LogP contribution in [-0.4, -0.2) is 52.3 Å². The molecule has 10 heteroatoms. The van der Waals surface area contributed by atoms with Gasteiger partial charge in [-0.25, -0.2) is 16.8 Å². The quantitative estimate of drug-likeness (QED) is 0.324. The van der Waals surface area contributed by atoms with E-state index >= 15 is 0 Å². The lowest BCUT2D eigenvalue weighted by Crippen LogP contribution is -2.39. The van der Waals surface area contributed by atoms with Gasteiger partial charge in [-0.15, -0.1) is 0 Å². The highest BCUT2D eigenvalue weighted by molar-refractivity contribution is 7.89. The van der Waals surface area contributed by atoms with E-state index in [4.69, 9.17) is 9.47 Å². The third kappa shape index (κ3) is 7.00. The molecule has 1 saturated heterocycles. The number of nitrogens with zero attached hydrogens (tertiary/aromatic N) is 2. The van der Waals surface area contributed by atoms with Crippen LogP contribution in [0.1, 0.15) is 37.8 Å². The lowest BCUT2D eigenvalue weighted by atomic mass is 10.0. The van der Waals surface area contributed by atoms with Gasteiger partial charge in [-0.3, -0.25) is 0 Å². The van der Waals surface area contributed by atoms with Crippen molar-refractivity contribution in [1.29, 1.82) is 0 Å². The van der Waals surface area contributed by atoms with E-state index in [-0.39, 0.29) is 22.9 Å². The first-order valence-corrected chi connectivity index (χ1v) is 16.0. The normalized spacial score (nSPS) is 16.8. The third-order valence-corrected chi connectivity index (χ3v) is 10.5. The Balaban J connectivity index is 1.62. The zero-order valence-electron chi connectivity index (χ0n) is 22.6. The number of ether oxygens (including phenoxy) is 2. The lowest BCUT2D eigenvalue weighted by molar-refractivity contribution is 0.281. The van der Waals surface area contributed by atoms with Gasteiger partial charge in [0.25, 0.3) is 0 Å². The zero-order valence-corrected chi connectivity index (χ0v) is 24.2. The molecule has 0 amide bonds.